The Kier molecular flexibility index (Phi) is 3.40. The average Bonchev–Trinajstić information content (AvgIpc) is 2.47. The van der Waals surface area contributed by atoms with E-state index >= 15 is 0 Å². The maximum Gasteiger partial charge on any atom is 0.253 e. The summed E-state index contributed by atoms with van der Waals surface area (Å²) in [7, 11) is 0. The Morgan fingerprint density at radius 2 is 1.89 bits per heavy atom. The Morgan fingerprint density at radius 1 is 1.11 bits per heavy atom. The van der Waals surface area contributed by atoms with E-state index in [2.05, 4.69) is 15.3 Å². The first kappa shape index (κ1) is 12.1. The van der Waals surface area contributed by atoms with Gasteiger partial charge in [0.25, 0.3) is 5.91 Å². The Morgan fingerprint density at radius 3 is 2.74 bits per heavy atom. The largest absolute Gasteiger partial charge is 0.349 e. The summed E-state index contributed by atoms with van der Waals surface area (Å²) in [6.07, 6.45) is 9.14. The summed E-state index contributed by atoms with van der Waals surface area (Å²) in [6.45, 7) is 0. The molecule has 1 fully saturated rings. The number of rotatable bonds is 2. The number of nitrogens with one attached hydrogen (secondary N) is 1. The van der Waals surface area contributed by atoms with Crippen molar-refractivity contribution in [3.05, 3.63) is 36.2 Å². The van der Waals surface area contributed by atoms with Crippen LogP contribution in [0.5, 0.6) is 0 Å². The highest BCUT2D eigenvalue weighted by Gasteiger charge is 2.18. The summed E-state index contributed by atoms with van der Waals surface area (Å²) in [5.74, 6) is -0.0296. The van der Waals surface area contributed by atoms with E-state index in [0.717, 1.165) is 18.4 Å². The molecule has 1 heterocycles. The number of para-hydroxylation sites is 1. The molecule has 19 heavy (non-hydrogen) atoms. The zero-order valence-electron chi connectivity index (χ0n) is 10.8. The molecule has 98 valence electrons. The number of nitrogens with zero attached hydrogens (tertiary/aromatic N) is 2. The van der Waals surface area contributed by atoms with E-state index in [1.165, 1.54) is 19.3 Å². The van der Waals surface area contributed by atoms with Crippen LogP contribution in [0.1, 0.15) is 42.5 Å². The summed E-state index contributed by atoms with van der Waals surface area (Å²) in [6, 6.07) is 5.86. The van der Waals surface area contributed by atoms with Crippen LogP contribution in [0.2, 0.25) is 0 Å². The third kappa shape index (κ3) is 2.57. The summed E-state index contributed by atoms with van der Waals surface area (Å²) in [5, 5.41) is 3.12. The van der Waals surface area contributed by atoms with Gasteiger partial charge in [-0.1, -0.05) is 25.3 Å². The maximum atomic E-state index is 12.3. The fourth-order valence-corrected chi connectivity index (χ4v) is 2.69. The van der Waals surface area contributed by atoms with E-state index in [9.17, 15) is 4.79 Å². The van der Waals surface area contributed by atoms with Gasteiger partial charge < -0.3 is 5.32 Å². The van der Waals surface area contributed by atoms with Gasteiger partial charge in [-0.15, -0.1) is 0 Å². The van der Waals surface area contributed by atoms with Crippen LogP contribution in [0.25, 0.3) is 11.0 Å². The second-order valence-corrected chi connectivity index (χ2v) is 5.04. The lowest BCUT2D eigenvalue weighted by atomic mass is 9.95. The van der Waals surface area contributed by atoms with Crippen LogP contribution in [0, 0.1) is 0 Å². The van der Waals surface area contributed by atoms with Gasteiger partial charge >= 0.3 is 0 Å². The lowest BCUT2D eigenvalue weighted by Crippen LogP contribution is -2.36. The van der Waals surface area contributed by atoms with Crippen molar-refractivity contribution in [1.82, 2.24) is 15.3 Å². The molecule has 2 aromatic rings. The minimum absolute atomic E-state index is 0.0296. The summed E-state index contributed by atoms with van der Waals surface area (Å²) >= 11 is 0. The smallest absolute Gasteiger partial charge is 0.253 e. The molecule has 1 aliphatic rings. The van der Waals surface area contributed by atoms with Crippen molar-refractivity contribution in [2.75, 3.05) is 0 Å². The highest BCUT2D eigenvalue weighted by molar-refractivity contribution is 6.04. The van der Waals surface area contributed by atoms with Gasteiger partial charge in [0.1, 0.15) is 5.52 Å². The van der Waals surface area contributed by atoms with E-state index < -0.39 is 0 Å². The van der Waals surface area contributed by atoms with E-state index in [1.54, 1.807) is 12.4 Å². The predicted octanol–water partition coefficient (Wildman–Crippen LogP) is 2.69. The van der Waals surface area contributed by atoms with Gasteiger partial charge in [-0.25, -0.2) is 0 Å². The molecule has 4 heteroatoms. The number of fused-ring (bicyclic) bond motifs is 1. The zero-order valence-corrected chi connectivity index (χ0v) is 10.8. The van der Waals surface area contributed by atoms with Gasteiger partial charge in [-0.05, 0) is 25.0 Å². The lowest BCUT2D eigenvalue weighted by Gasteiger charge is -2.22. The highest BCUT2D eigenvalue weighted by atomic mass is 16.1. The molecule has 1 N–H and O–H groups in total. The van der Waals surface area contributed by atoms with E-state index in [1.807, 2.05) is 18.2 Å². The third-order valence-electron chi connectivity index (χ3n) is 3.68. The van der Waals surface area contributed by atoms with Gasteiger partial charge in [0.15, 0.2) is 0 Å². The van der Waals surface area contributed by atoms with Gasteiger partial charge in [0.05, 0.1) is 11.1 Å². The number of carbonyl (C=O) groups excluding carboxylic acids is 1. The number of hydrogen-bond donors (Lipinski definition) is 1. The average molecular weight is 255 g/mol. The number of amides is 1. The van der Waals surface area contributed by atoms with Crippen LogP contribution in [0.4, 0.5) is 0 Å². The minimum Gasteiger partial charge on any atom is -0.349 e. The minimum atomic E-state index is -0.0296. The Bertz CT molecular complexity index is 585. The monoisotopic (exact) mass is 255 g/mol. The molecule has 3 rings (SSSR count). The summed E-state index contributed by atoms with van der Waals surface area (Å²) < 4.78 is 0. The van der Waals surface area contributed by atoms with Crippen LogP contribution < -0.4 is 5.32 Å². The van der Waals surface area contributed by atoms with Crippen LogP contribution in [-0.2, 0) is 0 Å². The van der Waals surface area contributed by atoms with Crippen LogP contribution in [0.3, 0.4) is 0 Å². The van der Waals surface area contributed by atoms with Crippen molar-refractivity contribution in [2.24, 2.45) is 0 Å². The molecular weight excluding hydrogens is 238 g/mol. The van der Waals surface area contributed by atoms with Crippen molar-refractivity contribution < 1.29 is 4.79 Å². The molecule has 4 nitrogen and oxygen atoms in total. The van der Waals surface area contributed by atoms with E-state index in [4.69, 9.17) is 0 Å². The molecule has 0 bridgehead atoms. The standard InChI is InChI=1S/C15H17N3O/c19-15(18-11-5-2-1-3-6-11)12-7-4-8-13-14(12)17-10-9-16-13/h4,7-11H,1-3,5-6H2,(H,18,19). The first-order valence-electron chi connectivity index (χ1n) is 6.85. The van der Waals surface area contributed by atoms with E-state index in [0.29, 0.717) is 17.1 Å². The van der Waals surface area contributed by atoms with Gasteiger partial charge in [0.2, 0.25) is 0 Å². The molecule has 0 aliphatic heterocycles. The van der Waals surface area contributed by atoms with Crippen molar-refractivity contribution >= 4 is 16.9 Å². The molecule has 0 radical (unpaired) electrons. The molecule has 0 atom stereocenters. The second-order valence-electron chi connectivity index (χ2n) is 5.04. The fourth-order valence-electron chi connectivity index (χ4n) is 2.69. The second kappa shape index (κ2) is 5.34. The fraction of sp³-hybridized carbons (Fsp3) is 0.400. The Balaban J connectivity index is 1.85. The van der Waals surface area contributed by atoms with Gasteiger partial charge in [0, 0.05) is 18.4 Å². The number of aromatic nitrogens is 2. The highest BCUT2D eigenvalue weighted by Crippen LogP contribution is 2.19. The van der Waals surface area contributed by atoms with Gasteiger partial charge in [-0.2, -0.15) is 0 Å². The number of carbonyl (C=O) groups is 1. The number of benzene rings is 1. The molecule has 1 saturated carbocycles. The normalized spacial score (nSPS) is 16.4. The Hall–Kier alpha value is -1.97. The lowest BCUT2D eigenvalue weighted by molar-refractivity contribution is 0.0929. The molecule has 0 spiro atoms. The van der Waals surface area contributed by atoms with Crippen LogP contribution in [-0.4, -0.2) is 21.9 Å². The molecule has 1 aliphatic carbocycles. The predicted molar refractivity (Wildman–Crippen MR) is 73.9 cm³/mol. The first-order valence-corrected chi connectivity index (χ1v) is 6.85. The Labute approximate surface area is 112 Å². The van der Waals surface area contributed by atoms with Crippen molar-refractivity contribution in [1.29, 1.82) is 0 Å². The molecule has 0 saturated heterocycles. The van der Waals surface area contributed by atoms with Crippen molar-refractivity contribution in [3.8, 4) is 0 Å². The summed E-state index contributed by atoms with van der Waals surface area (Å²) in [5.41, 5.74) is 2.06. The molecule has 1 aromatic carbocycles. The molecular formula is C15H17N3O. The van der Waals surface area contributed by atoms with Crippen molar-refractivity contribution in [2.45, 2.75) is 38.1 Å². The SMILES string of the molecule is O=C(NC1CCCCC1)c1cccc2nccnc12. The maximum absolute atomic E-state index is 12.3. The molecule has 0 unspecified atom stereocenters. The topological polar surface area (TPSA) is 54.9 Å². The van der Waals surface area contributed by atoms with E-state index in [-0.39, 0.29) is 5.91 Å². The molecule has 1 amide bonds. The zero-order chi connectivity index (χ0) is 13.1. The molecule has 1 aromatic heterocycles. The third-order valence-corrected chi connectivity index (χ3v) is 3.68. The summed E-state index contributed by atoms with van der Waals surface area (Å²) in [4.78, 5) is 20.8. The quantitative estimate of drug-likeness (QED) is 0.897. The van der Waals surface area contributed by atoms with Crippen LogP contribution >= 0.6 is 0 Å². The van der Waals surface area contributed by atoms with Crippen LogP contribution in [0.15, 0.2) is 30.6 Å². The number of hydrogen-bond acceptors (Lipinski definition) is 3. The van der Waals surface area contributed by atoms with Crippen molar-refractivity contribution in [3.63, 3.8) is 0 Å². The van der Waals surface area contributed by atoms with Gasteiger partial charge in [-0.3, -0.25) is 14.8 Å². The first-order chi connectivity index (χ1) is 9.34.